The Morgan fingerprint density at radius 1 is 0.970 bits per heavy atom. The Morgan fingerprint density at radius 3 is 2.21 bits per heavy atom. The fourth-order valence-electron chi connectivity index (χ4n) is 2.76. The van der Waals surface area contributed by atoms with Crippen LogP contribution in [-0.2, 0) is 9.59 Å². The summed E-state index contributed by atoms with van der Waals surface area (Å²) in [5.74, 6) is 0.0562. The van der Waals surface area contributed by atoms with E-state index in [1.807, 2.05) is 6.92 Å². The van der Waals surface area contributed by atoms with Gasteiger partial charge in [0.05, 0.1) is 43.2 Å². The fourth-order valence-corrected chi connectivity index (χ4v) is 3.25. The van der Waals surface area contributed by atoms with Gasteiger partial charge in [-0.1, -0.05) is 23.2 Å². The van der Waals surface area contributed by atoms with Gasteiger partial charge in [-0.2, -0.15) is 10.2 Å². The van der Waals surface area contributed by atoms with Crippen molar-refractivity contribution in [1.82, 2.24) is 0 Å². The zero-order chi connectivity index (χ0) is 24.5. The van der Waals surface area contributed by atoms with Crippen LogP contribution < -0.4 is 24.3 Å². The van der Waals surface area contributed by atoms with Crippen molar-refractivity contribution in [3.05, 3.63) is 34.3 Å². The molecule has 0 aliphatic rings. The summed E-state index contributed by atoms with van der Waals surface area (Å²) in [6.45, 7) is 5.57. The van der Waals surface area contributed by atoms with Gasteiger partial charge in [-0.25, -0.2) is 0 Å². The summed E-state index contributed by atoms with van der Waals surface area (Å²) < 4.78 is 21.4. The predicted octanol–water partition coefficient (Wildman–Crippen LogP) is 5.49. The molecule has 0 fully saturated rings. The number of azo groups is 1. The van der Waals surface area contributed by atoms with Crippen LogP contribution in [-0.4, -0.2) is 45.2 Å². The Bertz CT molecular complexity index is 1050. The molecule has 0 saturated carbocycles. The molecule has 2 aromatic carbocycles. The van der Waals surface area contributed by atoms with Gasteiger partial charge in [0.25, 0.3) is 5.91 Å². The highest BCUT2D eigenvalue weighted by atomic mass is 35.5. The number of Topliss-reactive ketones (excluding diaryl/α,β-unsaturated/α-hetero) is 1. The number of nitrogens with one attached hydrogen (secondary N) is 1. The molecule has 0 spiro atoms. The molecule has 0 bridgehead atoms. The number of halogens is 2. The van der Waals surface area contributed by atoms with Crippen molar-refractivity contribution in [2.24, 2.45) is 10.2 Å². The summed E-state index contributed by atoms with van der Waals surface area (Å²) in [7, 11) is 2.85. The summed E-state index contributed by atoms with van der Waals surface area (Å²) in [6.07, 6.45) is 0. The first kappa shape index (κ1) is 26.2. The predicted molar refractivity (Wildman–Crippen MR) is 126 cm³/mol. The van der Waals surface area contributed by atoms with Crippen molar-refractivity contribution >= 4 is 46.3 Å². The number of nitrogens with zero attached hydrogens (tertiary/aromatic N) is 2. The maximum Gasteiger partial charge on any atom is 0.258 e. The quantitative estimate of drug-likeness (QED) is 0.324. The van der Waals surface area contributed by atoms with Gasteiger partial charge in [-0.15, -0.1) is 0 Å². The highest BCUT2D eigenvalue weighted by molar-refractivity contribution is 6.33. The van der Waals surface area contributed by atoms with E-state index < -0.39 is 17.7 Å². The van der Waals surface area contributed by atoms with Gasteiger partial charge in [0, 0.05) is 24.3 Å². The molecule has 0 saturated heterocycles. The number of carbonyl (C=O) groups excluding carboxylic acids is 2. The lowest BCUT2D eigenvalue weighted by molar-refractivity contribution is -0.126. The molecule has 1 unspecified atom stereocenters. The van der Waals surface area contributed by atoms with Crippen LogP contribution in [0.15, 0.2) is 34.5 Å². The van der Waals surface area contributed by atoms with E-state index in [9.17, 15) is 9.59 Å². The molecule has 0 aromatic heterocycles. The van der Waals surface area contributed by atoms with Crippen molar-refractivity contribution in [2.45, 2.75) is 26.8 Å². The van der Waals surface area contributed by atoms with Gasteiger partial charge in [0.15, 0.2) is 11.5 Å². The first-order chi connectivity index (χ1) is 15.7. The zero-order valence-electron chi connectivity index (χ0n) is 18.9. The number of ether oxygens (including phenoxy) is 4. The topological polar surface area (TPSA) is 108 Å². The molecule has 178 valence electrons. The van der Waals surface area contributed by atoms with Gasteiger partial charge in [-0.3, -0.25) is 9.59 Å². The van der Waals surface area contributed by atoms with E-state index in [0.717, 1.165) is 0 Å². The van der Waals surface area contributed by atoms with E-state index in [0.29, 0.717) is 29.7 Å². The number of hydrogen-bond donors (Lipinski definition) is 1. The molecule has 1 N–H and O–H groups in total. The van der Waals surface area contributed by atoms with Crippen molar-refractivity contribution in [1.29, 1.82) is 0 Å². The Hall–Kier alpha value is -3.04. The standard InChI is InChI=1S/C22H25Cl2N3O6/c1-6-32-13-8-15(24)21(33-7-2)17(9-13)26-27-20(12(3)28)22(29)25-16-11-18(30-4)14(23)10-19(16)31-5/h8-11,20H,6-7H2,1-5H3,(H,25,29). The van der Waals surface area contributed by atoms with E-state index in [2.05, 4.69) is 15.5 Å². The van der Waals surface area contributed by atoms with Crippen LogP contribution in [0.3, 0.4) is 0 Å². The number of hydrogen-bond acceptors (Lipinski definition) is 8. The van der Waals surface area contributed by atoms with Crippen LogP contribution >= 0.6 is 23.2 Å². The third-order valence-corrected chi connectivity index (χ3v) is 4.82. The zero-order valence-corrected chi connectivity index (χ0v) is 20.4. The van der Waals surface area contributed by atoms with Crippen molar-refractivity contribution in [3.8, 4) is 23.0 Å². The van der Waals surface area contributed by atoms with Crippen LogP contribution in [0.25, 0.3) is 0 Å². The minimum absolute atomic E-state index is 0.220. The molecule has 9 nitrogen and oxygen atoms in total. The fraction of sp³-hybridized carbons (Fsp3) is 0.364. The molecular weight excluding hydrogens is 473 g/mol. The average molecular weight is 498 g/mol. The molecule has 0 aliphatic carbocycles. The van der Waals surface area contributed by atoms with E-state index in [4.69, 9.17) is 42.1 Å². The molecule has 11 heteroatoms. The van der Waals surface area contributed by atoms with Crippen LogP contribution in [0.1, 0.15) is 20.8 Å². The maximum absolute atomic E-state index is 12.9. The second kappa shape index (κ2) is 12.3. The van der Waals surface area contributed by atoms with E-state index in [1.54, 1.807) is 19.1 Å². The second-order valence-electron chi connectivity index (χ2n) is 6.52. The lowest BCUT2D eigenvalue weighted by atomic mass is 10.2. The monoisotopic (exact) mass is 497 g/mol. The Kier molecular flexibility index (Phi) is 9.74. The maximum atomic E-state index is 12.9. The summed E-state index contributed by atoms with van der Waals surface area (Å²) in [4.78, 5) is 25.1. The Balaban J connectivity index is 2.39. The van der Waals surface area contributed by atoms with E-state index >= 15 is 0 Å². The van der Waals surface area contributed by atoms with Crippen LogP contribution in [0, 0.1) is 0 Å². The highest BCUT2D eigenvalue weighted by Gasteiger charge is 2.25. The smallest absolute Gasteiger partial charge is 0.258 e. The number of ketones is 1. The number of benzene rings is 2. The van der Waals surface area contributed by atoms with Gasteiger partial charge >= 0.3 is 0 Å². The van der Waals surface area contributed by atoms with Crippen LogP contribution in [0.5, 0.6) is 23.0 Å². The lowest BCUT2D eigenvalue weighted by Crippen LogP contribution is -2.32. The van der Waals surface area contributed by atoms with Crippen molar-refractivity contribution < 1.29 is 28.5 Å². The summed E-state index contributed by atoms with van der Waals surface area (Å²) >= 11 is 12.4. The lowest BCUT2D eigenvalue weighted by Gasteiger charge is -2.15. The molecule has 0 aliphatic heterocycles. The normalized spacial score (nSPS) is 11.7. The SMILES string of the molecule is CCOc1cc(Cl)c(OCC)c(N=NC(C(C)=O)C(=O)Nc2cc(OC)c(Cl)cc2OC)c1. The molecule has 0 heterocycles. The molecule has 33 heavy (non-hydrogen) atoms. The number of amides is 1. The van der Waals surface area contributed by atoms with Crippen molar-refractivity contribution in [3.63, 3.8) is 0 Å². The van der Waals surface area contributed by atoms with Crippen LogP contribution in [0.4, 0.5) is 11.4 Å². The molecular formula is C22H25Cl2N3O6. The highest BCUT2D eigenvalue weighted by Crippen LogP contribution is 2.40. The van der Waals surface area contributed by atoms with Gasteiger partial charge in [0.2, 0.25) is 6.04 Å². The second-order valence-corrected chi connectivity index (χ2v) is 7.34. The third kappa shape index (κ3) is 6.72. The Labute approximate surface area is 202 Å². The Morgan fingerprint density at radius 2 is 1.64 bits per heavy atom. The van der Waals surface area contributed by atoms with E-state index in [-0.39, 0.29) is 27.9 Å². The number of rotatable bonds is 11. The summed E-state index contributed by atoms with van der Waals surface area (Å²) in [5.41, 5.74) is 0.471. The number of carbonyl (C=O) groups is 2. The first-order valence-corrected chi connectivity index (χ1v) is 10.7. The summed E-state index contributed by atoms with van der Waals surface area (Å²) in [6, 6.07) is 4.67. The minimum Gasteiger partial charge on any atom is -0.495 e. The average Bonchev–Trinajstić information content (AvgIpc) is 2.77. The van der Waals surface area contributed by atoms with Crippen molar-refractivity contribution in [2.75, 3.05) is 32.8 Å². The largest absolute Gasteiger partial charge is 0.495 e. The molecule has 2 aromatic rings. The first-order valence-electron chi connectivity index (χ1n) is 9.98. The molecule has 1 amide bonds. The third-order valence-electron chi connectivity index (χ3n) is 4.24. The summed E-state index contributed by atoms with van der Waals surface area (Å²) in [5, 5.41) is 11.2. The van der Waals surface area contributed by atoms with Crippen LogP contribution in [0.2, 0.25) is 10.0 Å². The van der Waals surface area contributed by atoms with Gasteiger partial charge < -0.3 is 24.3 Å². The number of anilines is 1. The molecule has 1 atom stereocenters. The van der Waals surface area contributed by atoms with E-state index in [1.165, 1.54) is 33.3 Å². The van der Waals surface area contributed by atoms with Gasteiger partial charge in [-0.05, 0) is 20.8 Å². The minimum atomic E-state index is -1.44. The van der Waals surface area contributed by atoms with Gasteiger partial charge in [0.1, 0.15) is 22.9 Å². The number of methoxy groups -OCH3 is 2. The molecule has 0 radical (unpaired) electrons. The molecule has 2 rings (SSSR count).